The van der Waals surface area contributed by atoms with E-state index in [-0.39, 0.29) is 5.75 Å². The third-order valence-electron chi connectivity index (χ3n) is 2.64. The van der Waals surface area contributed by atoms with Crippen LogP contribution >= 0.6 is 23.1 Å². The van der Waals surface area contributed by atoms with E-state index in [2.05, 4.69) is 24.0 Å². The van der Waals surface area contributed by atoms with Gasteiger partial charge in [-0.25, -0.2) is 0 Å². The Kier molecular flexibility index (Phi) is 5.24. The van der Waals surface area contributed by atoms with E-state index in [0.29, 0.717) is 11.1 Å². The third kappa shape index (κ3) is 3.76. The molecule has 6 nitrogen and oxygen atoms in total. The lowest BCUT2D eigenvalue weighted by Crippen LogP contribution is -2.09. The second kappa shape index (κ2) is 6.95. The number of hydrogen-bond donors (Lipinski definition) is 1. The van der Waals surface area contributed by atoms with Crippen LogP contribution in [0, 0.1) is 5.92 Å². The summed E-state index contributed by atoms with van der Waals surface area (Å²) in [5.41, 5.74) is 0. The monoisotopic (exact) mass is 327 g/mol. The van der Waals surface area contributed by atoms with Gasteiger partial charge >= 0.3 is 5.97 Å². The van der Waals surface area contributed by atoms with Gasteiger partial charge in [0, 0.05) is 6.54 Å². The average molecular weight is 327 g/mol. The SMILES string of the molecule is COc1ccsc1-c1nnc(SCC(=O)O)n1CC(C)C. The van der Waals surface area contributed by atoms with Crippen LogP contribution in [0.1, 0.15) is 13.8 Å². The molecule has 0 aliphatic rings. The van der Waals surface area contributed by atoms with Gasteiger partial charge in [-0.05, 0) is 17.4 Å². The van der Waals surface area contributed by atoms with E-state index in [1.807, 2.05) is 16.0 Å². The Hall–Kier alpha value is -1.54. The number of rotatable bonds is 7. The van der Waals surface area contributed by atoms with E-state index in [9.17, 15) is 4.79 Å². The molecule has 2 rings (SSSR count). The van der Waals surface area contributed by atoms with Crippen LogP contribution in [0.3, 0.4) is 0 Å². The fourth-order valence-electron chi connectivity index (χ4n) is 1.84. The number of aromatic nitrogens is 3. The van der Waals surface area contributed by atoms with Gasteiger partial charge < -0.3 is 14.4 Å². The molecule has 2 aromatic rings. The standard InChI is InChI=1S/C13H17N3O3S2/c1-8(2)6-16-12(11-9(19-3)4-5-20-11)14-15-13(16)21-7-10(17)18/h4-5,8H,6-7H2,1-3H3,(H,17,18). The molecular formula is C13H17N3O3S2. The van der Waals surface area contributed by atoms with Gasteiger partial charge in [-0.1, -0.05) is 25.6 Å². The van der Waals surface area contributed by atoms with Gasteiger partial charge in [0.2, 0.25) is 0 Å². The van der Waals surface area contributed by atoms with Crippen LogP contribution in [0.25, 0.3) is 10.7 Å². The van der Waals surface area contributed by atoms with Crippen molar-refractivity contribution in [3.8, 4) is 16.5 Å². The highest BCUT2D eigenvalue weighted by Crippen LogP contribution is 2.36. The minimum Gasteiger partial charge on any atom is -0.495 e. The number of carbonyl (C=O) groups is 1. The summed E-state index contributed by atoms with van der Waals surface area (Å²) in [6, 6.07) is 1.89. The van der Waals surface area contributed by atoms with E-state index in [1.165, 1.54) is 23.1 Å². The maximum atomic E-state index is 10.7. The van der Waals surface area contributed by atoms with Crippen molar-refractivity contribution >= 4 is 29.1 Å². The fraction of sp³-hybridized carbons (Fsp3) is 0.462. The quantitative estimate of drug-likeness (QED) is 0.788. The van der Waals surface area contributed by atoms with E-state index in [0.717, 1.165) is 23.0 Å². The number of thioether (sulfide) groups is 1. The number of ether oxygens (including phenoxy) is 1. The van der Waals surface area contributed by atoms with E-state index in [4.69, 9.17) is 9.84 Å². The highest BCUT2D eigenvalue weighted by molar-refractivity contribution is 7.99. The minimum atomic E-state index is -0.866. The van der Waals surface area contributed by atoms with Crippen LogP contribution in [0.2, 0.25) is 0 Å². The van der Waals surface area contributed by atoms with Gasteiger partial charge in [-0.2, -0.15) is 0 Å². The molecule has 21 heavy (non-hydrogen) atoms. The Morgan fingerprint density at radius 3 is 2.90 bits per heavy atom. The largest absolute Gasteiger partial charge is 0.495 e. The first-order chi connectivity index (χ1) is 10.0. The zero-order chi connectivity index (χ0) is 15.4. The van der Waals surface area contributed by atoms with Crippen molar-refractivity contribution in [2.75, 3.05) is 12.9 Å². The molecule has 0 radical (unpaired) electrons. The Morgan fingerprint density at radius 1 is 1.52 bits per heavy atom. The number of methoxy groups -OCH3 is 1. The van der Waals surface area contributed by atoms with Crippen molar-refractivity contribution in [3.63, 3.8) is 0 Å². The number of thiophene rings is 1. The molecule has 0 aliphatic heterocycles. The molecule has 0 atom stereocenters. The van der Waals surface area contributed by atoms with Crippen molar-refractivity contribution in [3.05, 3.63) is 11.4 Å². The molecule has 0 amide bonds. The maximum absolute atomic E-state index is 10.7. The molecule has 114 valence electrons. The normalized spacial score (nSPS) is 11.0. The topological polar surface area (TPSA) is 77.2 Å². The number of carboxylic acids is 1. The minimum absolute atomic E-state index is 0.0300. The lowest BCUT2D eigenvalue weighted by Gasteiger charge is -2.12. The average Bonchev–Trinajstić information content (AvgIpc) is 3.01. The second-order valence-corrected chi connectivity index (χ2v) is 6.67. The first-order valence-corrected chi connectivity index (χ1v) is 8.29. The van der Waals surface area contributed by atoms with Crippen LogP contribution < -0.4 is 4.74 Å². The summed E-state index contributed by atoms with van der Waals surface area (Å²) in [6.07, 6.45) is 0. The van der Waals surface area contributed by atoms with Crippen LogP contribution in [0.4, 0.5) is 0 Å². The number of aliphatic carboxylic acids is 1. The van der Waals surface area contributed by atoms with E-state index < -0.39 is 5.97 Å². The number of hydrogen-bond acceptors (Lipinski definition) is 6. The highest BCUT2D eigenvalue weighted by Gasteiger charge is 2.20. The molecule has 0 unspecified atom stereocenters. The van der Waals surface area contributed by atoms with E-state index in [1.54, 1.807) is 7.11 Å². The summed E-state index contributed by atoms with van der Waals surface area (Å²) < 4.78 is 7.30. The van der Waals surface area contributed by atoms with Gasteiger partial charge in [-0.3, -0.25) is 4.79 Å². The zero-order valence-electron chi connectivity index (χ0n) is 12.1. The summed E-state index contributed by atoms with van der Waals surface area (Å²) in [5.74, 6) is 0.984. The molecule has 0 saturated carbocycles. The van der Waals surface area contributed by atoms with Gasteiger partial charge in [-0.15, -0.1) is 21.5 Å². The molecule has 2 aromatic heterocycles. The molecule has 0 bridgehead atoms. The molecule has 0 fully saturated rings. The highest BCUT2D eigenvalue weighted by atomic mass is 32.2. The van der Waals surface area contributed by atoms with Crippen LogP contribution in [0.15, 0.2) is 16.6 Å². The Morgan fingerprint density at radius 2 is 2.29 bits per heavy atom. The maximum Gasteiger partial charge on any atom is 0.313 e. The van der Waals surface area contributed by atoms with Crippen LogP contribution in [0.5, 0.6) is 5.75 Å². The van der Waals surface area contributed by atoms with Gasteiger partial charge in [0.05, 0.1) is 12.9 Å². The molecular weight excluding hydrogens is 310 g/mol. The van der Waals surface area contributed by atoms with Crippen molar-refractivity contribution in [2.45, 2.75) is 25.5 Å². The van der Waals surface area contributed by atoms with Gasteiger partial charge in [0.25, 0.3) is 0 Å². The fourth-order valence-corrected chi connectivity index (χ4v) is 3.36. The molecule has 2 heterocycles. The van der Waals surface area contributed by atoms with Crippen molar-refractivity contribution < 1.29 is 14.6 Å². The summed E-state index contributed by atoms with van der Waals surface area (Å²) in [6.45, 7) is 4.92. The smallest absolute Gasteiger partial charge is 0.313 e. The van der Waals surface area contributed by atoms with Crippen molar-refractivity contribution in [2.24, 2.45) is 5.92 Å². The molecule has 1 N–H and O–H groups in total. The lowest BCUT2D eigenvalue weighted by molar-refractivity contribution is -0.133. The Labute approximate surface area is 131 Å². The number of carboxylic acid groups (broad SMARTS) is 1. The first kappa shape index (κ1) is 15.8. The summed E-state index contributed by atoms with van der Waals surface area (Å²) >= 11 is 2.71. The van der Waals surface area contributed by atoms with Gasteiger partial charge in [0.1, 0.15) is 10.6 Å². The third-order valence-corrected chi connectivity index (χ3v) is 4.48. The zero-order valence-corrected chi connectivity index (χ0v) is 13.7. The van der Waals surface area contributed by atoms with Crippen LogP contribution in [-0.2, 0) is 11.3 Å². The second-order valence-electron chi connectivity index (χ2n) is 4.81. The Balaban J connectivity index is 2.38. The summed E-state index contributed by atoms with van der Waals surface area (Å²) in [7, 11) is 1.62. The Bertz CT molecular complexity index is 622. The molecule has 0 aliphatic carbocycles. The summed E-state index contributed by atoms with van der Waals surface area (Å²) in [5, 5.41) is 19.7. The van der Waals surface area contributed by atoms with Crippen LogP contribution in [-0.4, -0.2) is 38.7 Å². The molecule has 0 aromatic carbocycles. The van der Waals surface area contributed by atoms with E-state index >= 15 is 0 Å². The predicted octanol–water partition coefficient (Wildman–Crippen LogP) is 2.85. The molecule has 8 heteroatoms. The van der Waals surface area contributed by atoms with Crippen molar-refractivity contribution in [1.82, 2.24) is 14.8 Å². The van der Waals surface area contributed by atoms with Crippen molar-refractivity contribution in [1.29, 1.82) is 0 Å². The first-order valence-electron chi connectivity index (χ1n) is 6.42. The number of nitrogens with zero attached hydrogens (tertiary/aromatic N) is 3. The summed E-state index contributed by atoms with van der Waals surface area (Å²) in [4.78, 5) is 11.7. The lowest BCUT2D eigenvalue weighted by atomic mass is 10.2. The molecule has 0 spiro atoms. The molecule has 0 saturated heterocycles. The predicted molar refractivity (Wildman–Crippen MR) is 83.1 cm³/mol. The van der Waals surface area contributed by atoms with Gasteiger partial charge in [0.15, 0.2) is 11.0 Å².